The molecular weight excluding hydrogens is 218 g/mol. The first-order chi connectivity index (χ1) is 8.24. The molecule has 0 aliphatic heterocycles. The van der Waals surface area contributed by atoms with Crippen LogP contribution in [0.15, 0.2) is 24.4 Å². The van der Waals surface area contributed by atoms with E-state index in [0.29, 0.717) is 18.3 Å². The van der Waals surface area contributed by atoms with Gasteiger partial charge in [0.2, 0.25) is 0 Å². The molecule has 17 heavy (non-hydrogen) atoms. The molecule has 1 rings (SSSR count). The van der Waals surface area contributed by atoms with Gasteiger partial charge in [0.25, 0.3) is 0 Å². The lowest BCUT2D eigenvalue weighted by Gasteiger charge is -2.13. The van der Waals surface area contributed by atoms with Gasteiger partial charge in [-0.2, -0.15) is 0 Å². The number of aromatic nitrogens is 1. The summed E-state index contributed by atoms with van der Waals surface area (Å²) >= 11 is 0. The van der Waals surface area contributed by atoms with Gasteiger partial charge in [-0.15, -0.1) is 12.3 Å². The second-order valence-electron chi connectivity index (χ2n) is 3.42. The number of ketones is 1. The van der Waals surface area contributed by atoms with Crippen LogP contribution in [0.25, 0.3) is 0 Å². The minimum Gasteiger partial charge on any atom is -0.302 e. The van der Waals surface area contributed by atoms with Crippen LogP contribution in [0.3, 0.4) is 0 Å². The van der Waals surface area contributed by atoms with Gasteiger partial charge in [-0.25, -0.2) is 0 Å². The van der Waals surface area contributed by atoms with Crippen LogP contribution in [0, 0.1) is 18.3 Å². The number of pyridine rings is 1. The third kappa shape index (κ3) is 3.08. The average molecular weight is 229 g/mol. The van der Waals surface area contributed by atoms with Crippen molar-refractivity contribution in [3.8, 4) is 12.3 Å². The molecule has 4 heteroatoms. The van der Waals surface area contributed by atoms with E-state index in [-0.39, 0.29) is 6.42 Å². The van der Waals surface area contributed by atoms with Crippen LogP contribution in [-0.2, 0) is 14.4 Å². The van der Waals surface area contributed by atoms with E-state index in [9.17, 15) is 14.4 Å². The highest BCUT2D eigenvalue weighted by atomic mass is 16.2. The molecule has 0 saturated carbocycles. The van der Waals surface area contributed by atoms with Gasteiger partial charge in [0, 0.05) is 12.6 Å². The lowest BCUT2D eigenvalue weighted by Crippen LogP contribution is -2.25. The van der Waals surface area contributed by atoms with E-state index >= 15 is 0 Å². The van der Waals surface area contributed by atoms with Crippen LogP contribution in [0.2, 0.25) is 0 Å². The Balaban J connectivity index is 3.02. The van der Waals surface area contributed by atoms with Crippen LogP contribution >= 0.6 is 0 Å². The van der Waals surface area contributed by atoms with Crippen molar-refractivity contribution < 1.29 is 14.4 Å². The van der Waals surface area contributed by atoms with E-state index in [1.54, 1.807) is 18.2 Å². The molecular formula is C13H11NO3. The Labute approximate surface area is 99.1 Å². The fraction of sp³-hybridized carbons (Fsp3) is 0.231. The first-order valence-corrected chi connectivity index (χ1v) is 5.03. The lowest BCUT2D eigenvalue weighted by molar-refractivity contribution is -0.132. The van der Waals surface area contributed by atoms with Crippen molar-refractivity contribution in [1.29, 1.82) is 0 Å². The fourth-order valence-electron chi connectivity index (χ4n) is 1.45. The van der Waals surface area contributed by atoms with E-state index in [1.807, 2.05) is 0 Å². The van der Waals surface area contributed by atoms with Gasteiger partial charge in [-0.05, 0) is 12.1 Å². The highest BCUT2D eigenvalue weighted by Gasteiger charge is 2.27. The topological polar surface area (TPSA) is 64.1 Å². The van der Waals surface area contributed by atoms with Gasteiger partial charge >= 0.3 is 0 Å². The van der Waals surface area contributed by atoms with Gasteiger partial charge in [0.05, 0.1) is 11.6 Å². The van der Waals surface area contributed by atoms with Gasteiger partial charge in [-0.1, -0.05) is 6.07 Å². The van der Waals surface area contributed by atoms with Crippen molar-refractivity contribution in [2.75, 3.05) is 0 Å². The zero-order chi connectivity index (χ0) is 12.7. The molecule has 0 aliphatic carbocycles. The van der Waals surface area contributed by atoms with Crippen LogP contribution in [0.1, 0.15) is 18.0 Å². The molecule has 1 aromatic rings. The molecule has 0 fully saturated rings. The molecule has 1 unspecified atom stereocenters. The van der Waals surface area contributed by atoms with E-state index in [0.717, 1.165) is 0 Å². The number of nitrogens with zero attached hydrogens (tertiary/aromatic N) is 1. The Bertz CT molecular complexity index is 439. The minimum atomic E-state index is -1.27. The molecule has 86 valence electrons. The van der Waals surface area contributed by atoms with Crippen molar-refractivity contribution in [1.82, 2.24) is 4.98 Å². The highest BCUT2D eigenvalue weighted by molar-refractivity contribution is 6.08. The molecule has 1 heterocycles. The number of hydrogen-bond acceptors (Lipinski definition) is 4. The van der Waals surface area contributed by atoms with Crippen LogP contribution in [0.5, 0.6) is 0 Å². The van der Waals surface area contributed by atoms with Gasteiger partial charge < -0.3 is 9.59 Å². The lowest BCUT2D eigenvalue weighted by atomic mass is 9.89. The SMILES string of the molecule is C#CCC(C(=O)C(C=O)C=O)c1ccccn1. The molecule has 0 N–H and O–H groups in total. The Hall–Kier alpha value is -2.28. The van der Waals surface area contributed by atoms with Gasteiger partial charge in [0.15, 0.2) is 5.78 Å². The van der Waals surface area contributed by atoms with E-state index in [2.05, 4.69) is 10.9 Å². The number of Topliss-reactive ketones (excluding diaryl/α,β-unsaturated/α-hetero) is 1. The van der Waals surface area contributed by atoms with Gasteiger partial charge in [0.1, 0.15) is 18.5 Å². The number of carbonyl (C=O) groups is 3. The summed E-state index contributed by atoms with van der Waals surface area (Å²) in [7, 11) is 0. The summed E-state index contributed by atoms with van der Waals surface area (Å²) in [4.78, 5) is 37.1. The maximum absolute atomic E-state index is 11.9. The van der Waals surface area contributed by atoms with Crippen LogP contribution in [-0.4, -0.2) is 23.3 Å². The third-order valence-electron chi connectivity index (χ3n) is 2.33. The molecule has 0 bridgehead atoms. The average Bonchev–Trinajstić information content (AvgIpc) is 2.38. The largest absolute Gasteiger partial charge is 0.302 e. The second-order valence-corrected chi connectivity index (χ2v) is 3.42. The van der Waals surface area contributed by atoms with Crippen molar-refractivity contribution in [3.05, 3.63) is 30.1 Å². The predicted molar refractivity (Wildman–Crippen MR) is 61.1 cm³/mol. The number of hydrogen-bond donors (Lipinski definition) is 0. The molecule has 4 nitrogen and oxygen atoms in total. The first kappa shape index (κ1) is 12.8. The summed E-state index contributed by atoms with van der Waals surface area (Å²) in [5.41, 5.74) is 0.476. The Morgan fingerprint density at radius 3 is 2.59 bits per heavy atom. The number of carbonyl (C=O) groups excluding carboxylic acids is 3. The number of terminal acetylenes is 1. The van der Waals surface area contributed by atoms with Crippen molar-refractivity contribution in [2.45, 2.75) is 12.3 Å². The summed E-state index contributed by atoms with van der Waals surface area (Å²) in [5.74, 6) is -0.125. The second kappa shape index (κ2) is 6.33. The molecule has 1 aromatic heterocycles. The van der Waals surface area contributed by atoms with E-state index in [4.69, 9.17) is 6.42 Å². The molecule has 0 aromatic carbocycles. The third-order valence-corrected chi connectivity index (χ3v) is 2.33. The quantitative estimate of drug-likeness (QED) is 0.410. The Morgan fingerprint density at radius 1 is 1.41 bits per heavy atom. The minimum absolute atomic E-state index is 0.119. The zero-order valence-corrected chi connectivity index (χ0v) is 9.08. The summed E-state index contributed by atoms with van der Waals surface area (Å²) in [6.07, 6.45) is 7.47. The van der Waals surface area contributed by atoms with E-state index in [1.165, 1.54) is 6.20 Å². The molecule has 0 saturated heterocycles. The Morgan fingerprint density at radius 2 is 2.12 bits per heavy atom. The number of aldehydes is 2. The van der Waals surface area contributed by atoms with Crippen molar-refractivity contribution >= 4 is 18.4 Å². The molecule has 0 aliphatic rings. The standard InChI is InChI=1S/C13H11NO3/c1-2-5-11(12-6-3-4-7-14-12)13(17)10(8-15)9-16/h1,3-4,6-11H,5H2. The molecule has 0 spiro atoms. The van der Waals surface area contributed by atoms with E-state index < -0.39 is 17.6 Å². The fourth-order valence-corrected chi connectivity index (χ4v) is 1.45. The molecule has 0 amide bonds. The highest BCUT2D eigenvalue weighted by Crippen LogP contribution is 2.20. The summed E-state index contributed by atoms with van der Waals surface area (Å²) < 4.78 is 0. The zero-order valence-electron chi connectivity index (χ0n) is 9.08. The Kier molecular flexibility index (Phi) is 4.77. The number of rotatable bonds is 6. The summed E-state index contributed by atoms with van der Waals surface area (Å²) in [6.45, 7) is 0. The van der Waals surface area contributed by atoms with Crippen molar-refractivity contribution in [3.63, 3.8) is 0 Å². The van der Waals surface area contributed by atoms with Crippen LogP contribution < -0.4 is 0 Å². The monoisotopic (exact) mass is 229 g/mol. The van der Waals surface area contributed by atoms with Gasteiger partial charge in [-0.3, -0.25) is 9.78 Å². The normalized spacial score (nSPS) is 11.5. The predicted octanol–water partition coefficient (Wildman–Crippen LogP) is 0.772. The first-order valence-electron chi connectivity index (χ1n) is 5.03. The maximum Gasteiger partial charge on any atom is 0.160 e. The van der Waals surface area contributed by atoms with Crippen molar-refractivity contribution in [2.24, 2.45) is 5.92 Å². The molecule has 0 radical (unpaired) electrons. The van der Waals surface area contributed by atoms with Crippen LogP contribution in [0.4, 0.5) is 0 Å². The summed E-state index contributed by atoms with van der Waals surface area (Å²) in [6, 6.07) is 5.07. The smallest absolute Gasteiger partial charge is 0.160 e. The summed E-state index contributed by atoms with van der Waals surface area (Å²) in [5, 5.41) is 0. The maximum atomic E-state index is 11.9. The molecule has 1 atom stereocenters.